The Bertz CT molecular complexity index is 1000. The van der Waals surface area contributed by atoms with Crippen LogP contribution >= 0.6 is 0 Å². The number of rotatable bonds is 5. The van der Waals surface area contributed by atoms with Gasteiger partial charge in [-0.15, -0.1) is 0 Å². The number of piperazine rings is 1. The first-order valence-corrected chi connectivity index (χ1v) is 9.59. The smallest absolute Gasteiger partial charge is 0.335 e. The zero-order chi connectivity index (χ0) is 20.2. The van der Waals surface area contributed by atoms with E-state index >= 15 is 0 Å². The van der Waals surface area contributed by atoms with Gasteiger partial charge in [0.15, 0.2) is 0 Å². The molecule has 2 N–H and O–H groups in total. The Morgan fingerprint density at radius 1 is 0.931 bits per heavy atom. The van der Waals surface area contributed by atoms with Gasteiger partial charge in [-0.2, -0.15) is 0 Å². The van der Waals surface area contributed by atoms with Crippen molar-refractivity contribution in [2.45, 2.75) is 6.92 Å². The van der Waals surface area contributed by atoms with E-state index in [9.17, 15) is 9.90 Å². The van der Waals surface area contributed by atoms with Gasteiger partial charge in [0.1, 0.15) is 17.5 Å². The Morgan fingerprint density at radius 3 is 2.38 bits per heavy atom. The number of anilines is 4. The first-order valence-electron chi connectivity index (χ1n) is 9.59. The van der Waals surface area contributed by atoms with Crippen molar-refractivity contribution in [1.82, 2.24) is 9.97 Å². The minimum atomic E-state index is -0.954. The van der Waals surface area contributed by atoms with Gasteiger partial charge in [0.05, 0.1) is 5.56 Å². The van der Waals surface area contributed by atoms with Gasteiger partial charge >= 0.3 is 5.97 Å². The minimum absolute atomic E-state index is 0.234. The van der Waals surface area contributed by atoms with Crippen molar-refractivity contribution in [3.8, 4) is 0 Å². The fourth-order valence-electron chi connectivity index (χ4n) is 3.49. The minimum Gasteiger partial charge on any atom is -0.478 e. The highest BCUT2D eigenvalue weighted by molar-refractivity contribution is 5.89. The number of carbonyl (C=O) groups is 1. The zero-order valence-electron chi connectivity index (χ0n) is 16.2. The predicted molar refractivity (Wildman–Crippen MR) is 114 cm³/mol. The number of aromatic nitrogens is 2. The number of benzene rings is 2. The first-order chi connectivity index (χ1) is 14.1. The quantitative estimate of drug-likeness (QED) is 0.690. The summed E-state index contributed by atoms with van der Waals surface area (Å²) in [5, 5.41) is 12.4. The Balaban J connectivity index is 1.48. The number of carboxylic acids is 1. The molecule has 148 valence electrons. The lowest BCUT2D eigenvalue weighted by Crippen LogP contribution is -2.46. The summed E-state index contributed by atoms with van der Waals surface area (Å²) in [7, 11) is 0. The second-order valence-corrected chi connectivity index (χ2v) is 6.98. The Kier molecular flexibility index (Phi) is 5.29. The van der Waals surface area contributed by atoms with Crippen molar-refractivity contribution in [3.63, 3.8) is 0 Å². The van der Waals surface area contributed by atoms with Crippen molar-refractivity contribution in [2.75, 3.05) is 41.3 Å². The molecular formula is C22H23N5O2. The molecule has 2 heterocycles. The summed E-state index contributed by atoms with van der Waals surface area (Å²) in [6.45, 7) is 5.47. The molecule has 7 nitrogen and oxygen atoms in total. The molecule has 1 fully saturated rings. The molecule has 7 heteroatoms. The number of hydrogen-bond donors (Lipinski definition) is 2. The van der Waals surface area contributed by atoms with E-state index in [-0.39, 0.29) is 5.56 Å². The van der Waals surface area contributed by atoms with E-state index < -0.39 is 5.97 Å². The van der Waals surface area contributed by atoms with Crippen LogP contribution in [-0.4, -0.2) is 47.2 Å². The monoisotopic (exact) mass is 389 g/mol. The second-order valence-electron chi connectivity index (χ2n) is 6.98. The Morgan fingerprint density at radius 2 is 1.66 bits per heavy atom. The SMILES string of the molecule is Cc1nc(Nc2cccc(C(=O)O)c2)cc(N2CCN(c3ccccc3)CC2)n1. The van der Waals surface area contributed by atoms with Gasteiger partial charge in [-0.25, -0.2) is 14.8 Å². The van der Waals surface area contributed by atoms with Crippen LogP contribution < -0.4 is 15.1 Å². The fourth-order valence-corrected chi connectivity index (χ4v) is 3.49. The topological polar surface area (TPSA) is 81.6 Å². The molecule has 0 atom stereocenters. The maximum Gasteiger partial charge on any atom is 0.335 e. The molecule has 0 bridgehead atoms. The molecule has 4 rings (SSSR count). The summed E-state index contributed by atoms with van der Waals surface area (Å²) in [5.74, 6) is 1.25. The third-order valence-electron chi connectivity index (χ3n) is 4.93. The largest absolute Gasteiger partial charge is 0.478 e. The number of hydrogen-bond acceptors (Lipinski definition) is 6. The number of aromatic carboxylic acids is 1. The summed E-state index contributed by atoms with van der Waals surface area (Å²) < 4.78 is 0. The van der Waals surface area contributed by atoms with Crippen LogP contribution in [0.2, 0.25) is 0 Å². The molecule has 3 aromatic rings. The first kappa shape index (κ1) is 18.7. The van der Waals surface area contributed by atoms with E-state index in [1.165, 1.54) is 5.69 Å². The van der Waals surface area contributed by atoms with Crippen molar-refractivity contribution in [3.05, 3.63) is 72.1 Å². The van der Waals surface area contributed by atoms with Crippen LogP contribution in [0, 0.1) is 6.92 Å². The molecule has 0 spiro atoms. The van der Waals surface area contributed by atoms with Crippen LogP contribution in [0.1, 0.15) is 16.2 Å². The molecule has 0 radical (unpaired) electrons. The van der Waals surface area contributed by atoms with Gasteiger partial charge in [-0.05, 0) is 37.3 Å². The molecule has 29 heavy (non-hydrogen) atoms. The van der Waals surface area contributed by atoms with E-state index in [1.807, 2.05) is 25.1 Å². The summed E-state index contributed by atoms with van der Waals surface area (Å²) in [5.41, 5.74) is 2.16. The summed E-state index contributed by atoms with van der Waals surface area (Å²) in [6, 6.07) is 19.0. The fraction of sp³-hybridized carbons (Fsp3) is 0.227. The Hall–Kier alpha value is -3.61. The highest BCUT2D eigenvalue weighted by atomic mass is 16.4. The third-order valence-corrected chi connectivity index (χ3v) is 4.93. The molecule has 2 aromatic carbocycles. The van der Waals surface area contributed by atoms with Crippen LogP contribution in [0.5, 0.6) is 0 Å². The maximum absolute atomic E-state index is 11.2. The second kappa shape index (κ2) is 8.18. The zero-order valence-corrected chi connectivity index (χ0v) is 16.2. The van der Waals surface area contributed by atoms with Crippen LogP contribution in [-0.2, 0) is 0 Å². The molecule has 0 unspecified atom stereocenters. The average Bonchev–Trinajstić information content (AvgIpc) is 2.74. The van der Waals surface area contributed by atoms with Gasteiger partial charge in [0, 0.05) is 43.6 Å². The van der Waals surface area contributed by atoms with E-state index in [1.54, 1.807) is 18.2 Å². The number of nitrogens with zero attached hydrogens (tertiary/aromatic N) is 4. The van der Waals surface area contributed by atoms with Gasteiger partial charge < -0.3 is 20.2 Å². The number of aryl methyl sites for hydroxylation is 1. The maximum atomic E-state index is 11.2. The highest BCUT2D eigenvalue weighted by Crippen LogP contribution is 2.23. The summed E-state index contributed by atoms with van der Waals surface area (Å²) in [6.07, 6.45) is 0. The van der Waals surface area contributed by atoms with Gasteiger partial charge in [0.2, 0.25) is 0 Å². The average molecular weight is 389 g/mol. The van der Waals surface area contributed by atoms with E-state index in [4.69, 9.17) is 0 Å². The number of para-hydroxylation sites is 1. The van der Waals surface area contributed by atoms with Gasteiger partial charge in [0.25, 0.3) is 0 Å². The normalized spacial score (nSPS) is 14.0. The molecule has 1 saturated heterocycles. The van der Waals surface area contributed by atoms with Gasteiger partial charge in [-0.1, -0.05) is 24.3 Å². The van der Waals surface area contributed by atoms with Crippen molar-refractivity contribution < 1.29 is 9.90 Å². The molecule has 1 aromatic heterocycles. The molecule has 0 aliphatic carbocycles. The molecule has 1 aliphatic rings. The van der Waals surface area contributed by atoms with E-state index in [0.29, 0.717) is 17.3 Å². The predicted octanol–water partition coefficient (Wildman–Crippen LogP) is 3.55. The van der Waals surface area contributed by atoms with Crippen molar-refractivity contribution in [1.29, 1.82) is 0 Å². The van der Waals surface area contributed by atoms with Crippen molar-refractivity contribution in [2.24, 2.45) is 0 Å². The molecular weight excluding hydrogens is 366 g/mol. The lowest BCUT2D eigenvalue weighted by Gasteiger charge is -2.36. The van der Waals surface area contributed by atoms with Crippen molar-refractivity contribution >= 4 is 29.0 Å². The number of nitrogens with one attached hydrogen (secondary N) is 1. The van der Waals surface area contributed by atoms with Crippen LogP contribution in [0.3, 0.4) is 0 Å². The molecule has 0 amide bonds. The number of carboxylic acid groups (broad SMARTS) is 1. The van der Waals surface area contributed by atoms with Crippen LogP contribution in [0.4, 0.5) is 23.0 Å². The highest BCUT2D eigenvalue weighted by Gasteiger charge is 2.19. The standard InChI is InChI=1S/C22H23N5O2/c1-16-23-20(25-18-7-5-6-17(14-18)22(28)29)15-21(24-16)27-12-10-26(11-13-27)19-8-3-2-4-9-19/h2-9,14-15H,10-13H2,1H3,(H,28,29)(H,23,24,25). The molecule has 0 saturated carbocycles. The lowest BCUT2D eigenvalue weighted by atomic mass is 10.2. The van der Waals surface area contributed by atoms with Crippen LogP contribution in [0.15, 0.2) is 60.7 Å². The molecule has 1 aliphatic heterocycles. The summed E-state index contributed by atoms with van der Waals surface area (Å²) in [4.78, 5) is 24.9. The Labute approximate surface area is 169 Å². The van der Waals surface area contributed by atoms with Gasteiger partial charge in [-0.3, -0.25) is 0 Å². The lowest BCUT2D eigenvalue weighted by molar-refractivity contribution is 0.0697. The summed E-state index contributed by atoms with van der Waals surface area (Å²) >= 11 is 0. The third kappa shape index (κ3) is 4.45. The van der Waals surface area contributed by atoms with E-state index in [2.05, 4.69) is 49.4 Å². The van der Waals surface area contributed by atoms with Crippen LogP contribution in [0.25, 0.3) is 0 Å². The van der Waals surface area contributed by atoms with E-state index in [0.717, 1.165) is 32.0 Å².